The molecular formula is C8H11Cl2NO. The maximum Gasteiger partial charge on any atom is 0.136 e. The molecule has 2 nitrogen and oxygen atoms in total. The number of hydrogen-bond acceptors (Lipinski definition) is 2. The molecule has 3 N–H and O–H groups in total. The summed E-state index contributed by atoms with van der Waals surface area (Å²) in [5, 5.41) is 9.91. The third-order valence-corrected chi connectivity index (χ3v) is 1.64. The lowest BCUT2D eigenvalue weighted by Crippen LogP contribution is -2.32. The van der Waals surface area contributed by atoms with Gasteiger partial charge in [-0.15, -0.1) is 12.4 Å². The Morgan fingerprint density at radius 1 is 1.50 bits per heavy atom. The van der Waals surface area contributed by atoms with Gasteiger partial charge < -0.3 is 10.8 Å². The van der Waals surface area contributed by atoms with Crippen LogP contribution in [0.15, 0.2) is 24.3 Å². The molecule has 0 fully saturated rings. The molecule has 1 aromatic carbocycles. The zero-order valence-electron chi connectivity index (χ0n) is 6.62. The van der Waals surface area contributed by atoms with E-state index in [1.807, 2.05) is 0 Å². The highest BCUT2D eigenvalue weighted by molar-refractivity contribution is 6.30. The second-order valence-corrected chi connectivity index (χ2v) is 3.09. The minimum atomic E-state index is -1.30. The molecule has 1 rings (SSSR count). The van der Waals surface area contributed by atoms with Crippen molar-refractivity contribution in [1.29, 1.82) is 0 Å². The lowest BCUT2D eigenvalue weighted by Gasteiger charge is -2.17. The van der Waals surface area contributed by atoms with Gasteiger partial charge in [-0.25, -0.2) is 0 Å². The maximum absolute atomic E-state index is 9.33. The quantitative estimate of drug-likeness (QED) is 0.692. The molecule has 0 heterocycles. The molecule has 0 radical (unpaired) electrons. The molecule has 12 heavy (non-hydrogen) atoms. The van der Waals surface area contributed by atoms with Gasteiger partial charge in [-0.2, -0.15) is 0 Å². The summed E-state index contributed by atoms with van der Waals surface area (Å²) in [7, 11) is 0. The van der Waals surface area contributed by atoms with Gasteiger partial charge in [0.05, 0.1) is 0 Å². The van der Waals surface area contributed by atoms with Crippen molar-refractivity contribution in [2.45, 2.75) is 12.6 Å². The van der Waals surface area contributed by atoms with Crippen LogP contribution in [0.2, 0.25) is 5.02 Å². The Morgan fingerprint density at radius 2 is 2.08 bits per heavy atom. The number of halogens is 2. The van der Waals surface area contributed by atoms with Crippen LogP contribution in [0.4, 0.5) is 0 Å². The van der Waals surface area contributed by atoms with E-state index in [0.29, 0.717) is 10.6 Å². The minimum Gasteiger partial charge on any atom is -0.372 e. The number of nitrogens with two attached hydrogens (primary N) is 1. The van der Waals surface area contributed by atoms with Crippen LogP contribution < -0.4 is 5.73 Å². The second-order valence-electron chi connectivity index (χ2n) is 2.66. The lowest BCUT2D eigenvalue weighted by atomic mass is 10.1. The third-order valence-electron chi connectivity index (χ3n) is 1.41. The third kappa shape index (κ3) is 2.99. The minimum absolute atomic E-state index is 0. The summed E-state index contributed by atoms with van der Waals surface area (Å²) in [6.45, 7) is 1.51. The molecule has 4 heteroatoms. The average molecular weight is 208 g/mol. The van der Waals surface area contributed by atoms with Crippen molar-refractivity contribution in [3.05, 3.63) is 34.9 Å². The van der Waals surface area contributed by atoms with Crippen molar-refractivity contribution in [3.63, 3.8) is 0 Å². The second kappa shape index (κ2) is 4.10. The fourth-order valence-corrected chi connectivity index (χ4v) is 0.994. The van der Waals surface area contributed by atoms with Gasteiger partial charge in [-0.3, -0.25) is 0 Å². The van der Waals surface area contributed by atoms with E-state index in [4.69, 9.17) is 17.3 Å². The summed E-state index contributed by atoms with van der Waals surface area (Å²) in [5.41, 5.74) is 4.74. The lowest BCUT2D eigenvalue weighted by molar-refractivity contribution is 0.0647. The van der Waals surface area contributed by atoms with E-state index in [9.17, 15) is 5.11 Å². The van der Waals surface area contributed by atoms with E-state index in [0.717, 1.165) is 0 Å². The monoisotopic (exact) mass is 207 g/mol. The van der Waals surface area contributed by atoms with Gasteiger partial charge in [0.1, 0.15) is 5.72 Å². The molecule has 0 unspecified atom stereocenters. The Kier molecular flexibility index (Phi) is 4.00. The molecule has 68 valence electrons. The van der Waals surface area contributed by atoms with Crippen LogP contribution in [0.3, 0.4) is 0 Å². The van der Waals surface area contributed by atoms with Gasteiger partial charge in [-0.05, 0) is 24.6 Å². The Labute approximate surface area is 82.8 Å². The standard InChI is InChI=1S/C8H10ClNO.ClH/c1-8(10,11)6-3-2-4-7(9)5-6;/h2-5,11H,10H2,1H3;1H/t8-;/m0./s1. The summed E-state index contributed by atoms with van der Waals surface area (Å²) in [5.74, 6) is 0. The number of aliphatic hydroxyl groups is 1. The highest BCUT2D eigenvalue weighted by atomic mass is 35.5. The van der Waals surface area contributed by atoms with Crippen LogP contribution in [0.5, 0.6) is 0 Å². The number of rotatable bonds is 1. The molecule has 0 aliphatic rings. The van der Waals surface area contributed by atoms with Gasteiger partial charge in [0.25, 0.3) is 0 Å². The molecule has 0 bridgehead atoms. The molecule has 0 saturated heterocycles. The Morgan fingerprint density at radius 3 is 2.42 bits per heavy atom. The fraction of sp³-hybridized carbons (Fsp3) is 0.250. The van der Waals surface area contributed by atoms with Crippen molar-refractivity contribution in [3.8, 4) is 0 Å². The molecule has 0 spiro atoms. The predicted octanol–water partition coefficient (Wildman–Crippen LogP) is 1.89. The Hall–Kier alpha value is -0.280. The van der Waals surface area contributed by atoms with Gasteiger partial charge in [0.2, 0.25) is 0 Å². The van der Waals surface area contributed by atoms with Crippen LogP contribution in [-0.2, 0) is 5.72 Å². The van der Waals surface area contributed by atoms with Crippen molar-refractivity contribution in [2.75, 3.05) is 0 Å². The first-order valence-corrected chi connectivity index (χ1v) is 3.65. The molecule has 0 aliphatic carbocycles. The molecular weight excluding hydrogens is 197 g/mol. The largest absolute Gasteiger partial charge is 0.372 e. The zero-order valence-corrected chi connectivity index (χ0v) is 8.19. The van der Waals surface area contributed by atoms with Gasteiger partial charge in [0.15, 0.2) is 0 Å². The van der Waals surface area contributed by atoms with Crippen LogP contribution in [0.25, 0.3) is 0 Å². The summed E-state index contributed by atoms with van der Waals surface area (Å²) < 4.78 is 0. The van der Waals surface area contributed by atoms with Gasteiger partial charge >= 0.3 is 0 Å². The summed E-state index contributed by atoms with van der Waals surface area (Å²) in [6.07, 6.45) is 0. The first kappa shape index (κ1) is 11.7. The van der Waals surface area contributed by atoms with Crippen LogP contribution in [-0.4, -0.2) is 5.11 Å². The molecule has 0 aromatic heterocycles. The maximum atomic E-state index is 9.33. The van der Waals surface area contributed by atoms with E-state index >= 15 is 0 Å². The van der Waals surface area contributed by atoms with E-state index in [2.05, 4.69) is 0 Å². The molecule has 0 saturated carbocycles. The first-order chi connectivity index (χ1) is 5.00. The van der Waals surface area contributed by atoms with Gasteiger partial charge in [0, 0.05) is 5.02 Å². The van der Waals surface area contributed by atoms with E-state index < -0.39 is 5.72 Å². The molecule has 0 aliphatic heterocycles. The molecule has 1 atom stereocenters. The van der Waals surface area contributed by atoms with Crippen molar-refractivity contribution in [2.24, 2.45) is 5.73 Å². The zero-order chi connectivity index (χ0) is 8.48. The predicted molar refractivity (Wildman–Crippen MR) is 52.5 cm³/mol. The number of hydrogen-bond donors (Lipinski definition) is 2. The smallest absolute Gasteiger partial charge is 0.136 e. The highest BCUT2D eigenvalue weighted by Crippen LogP contribution is 2.18. The topological polar surface area (TPSA) is 46.2 Å². The van der Waals surface area contributed by atoms with E-state index in [1.165, 1.54) is 6.92 Å². The number of benzene rings is 1. The van der Waals surface area contributed by atoms with Crippen LogP contribution in [0.1, 0.15) is 12.5 Å². The van der Waals surface area contributed by atoms with Crippen LogP contribution in [0, 0.1) is 0 Å². The molecule has 0 amide bonds. The fourth-order valence-electron chi connectivity index (χ4n) is 0.803. The highest BCUT2D eigenvalue weighted by Gasteiger charge is 2.15. The van der Waals surface area contributed by atoms with Crippen LogP contribution >= 0.6 is 24.0 Å². The van der Waals surface area contributed by atoms with E-state index in [1.54, 1.807) is 24.3 Å². The molecule has 1 aromatic rings. The van der Waals surface area contributed by atoms with Crippen molar-refractivity contribution >= 4 is 24.0 Å². The summed E-state index contributed by atoms with van der Waals surface area (Å²) in [4.78, 5) is 0. The first-order valence-electron chi connectivity index (χ1n) is 3.27. The SMILES string of the molecule is C[C@](N)(O)c1cccc(Cl)c1.Cl. The Balaban J connectivity index is 0.00000121. The van der Waals surface area contributed by atoms with Crippen molar-refractivity contribution in [1.82, 2.24) is 0 Å². The summed E-state index contributed by atoms with van der Waals surface area (Å²) >= 11 is 5.68. The van der Waals surface area contributed by atoms with Gasteiger partial charge in [-0.1, -0.05) is 23.7 Å². The van der Waals surface area contributed by atoms with E-state index in [-0.39, 0.29) is 12.4 Å². The summed E-state index contributed by atoms with van der Waals surface area (Å²) in [6, 6.07) is 6.85. The normalized spacial score (nSPS) is 14.7. The average Bonchev–Trinajstić information content (AvgIpc) is 1.86. The Bertz CT molecular complexity index is 257. The van der Waals surface area contributed by atoms with Crippen molar-refractivity contribution < 1.29 is 5.11 Å².